The first kappa shape index (κ1) is 18.1. The van der Waals surface area contributed by atoms with Crippen molar-refractivity contribution < 1.29 is 8.42 Å². The second-order valence-corrected chi connectivity index (χ2v) is 10.3. The molecule has 0 fully saturated rings. The van der Waals surface area contributed by atoms with Crippen molar-refractivity contribution in [3.8, 4) is 0 Å². The molecule has 6 nitrogen and oxygen atoms in total. The summed E-state index contributed by atoms with van der Waals surface area (Å²) in [5, 5.41) is -0.732. The van der Waals surface area contributed by atoms with E-state index in [2.05, 4.69) is 9.97 Å². The molecule has 1 aliphatic rings. The van der Waals surface area contributed by atoms with Gasteiger partial charge in [0.15, 0.2) is 9.84 Å². The Kier molecular flexibility index (Phi) is 4.07. The third kappa shape index (κ3) is 2.79. The minimum absolute atomic E-state index is 0.0901. The summed E-state index contributed by atoms with van der Waals surface area (Å²) in [5.41, 5.74) is 14.4. The summed E-state index contributed by atoms with van der Waals surface area (Å²) in [6, 6.07) is 18.6. The number of nitrogens with two attached hydrogens (primary N) is 2. The summed E-state index contributed by atoms with van der Waals surface area (Å²) in [7, 11) is -3.56. The molecular weight excluding hydrogens is 404 g/mol. The zero-order valence-electron chi connectivity index (χ0n) is 15.3. The predicted molar refractivity (Wildman–Crippen MR) is 116 cm³/mol. The van der Waals surface area contributed by atoms with Crippen LogP contribution in [0.2, 0.25) is 0 Å². The molecule has 2 aromatic heterocycles. The van der Waals surface area contributed by atoms with Crippen LogP contribution in [0.1, 0.15) is 32.1 Å². The molecule has 3 heterocycles. The highest BCUT2D eigenvalue weighted by Gasteiger charge is 2.45. The second kappa shape index (κ2) is 6.53. The number of thiophene rings is 1. The van der Waals surface area contributed by atoms with Gasteiger partial charge in [0.1, 0.15) is 15.9 Å². The number of sulfone groups is 1. The molecule has 0 radical (unpaired) electrons. The lowest BCUT2D eigenvalue weighted by atomic mass is 9.98. The number of hydrogen-bond donors (Lipinski definition) is 2. The number of aromatic nitrogens is 2. The van der Waals surface area contributed by atoms with Crippen molar-refractivity contribution >= 4 is 43.2 Å². The maximum absolute atomic E-state index is 13.8. The molecule has 2 atom stereocenters. The molecule has 8 heteroatoms. The Labute approximate surface area is 172 Å². The van der Waals surface area contributed by atoms with Gasteiger partial charge in [-0.2, -0.15) is 4.98 Å². The molecule has 2 aromatic carbocycles. The van der Waals surface area contributed by atoms with Crippen molar-refractivity contribution in [3.05, 3.63) is 82.2 Å². The van der Waals surface area contributed by atoms with Crippen LogP contribution < -0.4 is 11.5 Å². The van der Waals surface area contributed by atoms with Gasteiger partial charge in [-0.3, -0.25) is 0 Å². The van der Waals surface area contributed by atoms with E-state index in [9.17, 15) is 8.42 Å². The van der Waals surface area contributed by atoms with E-state index >= 15 is 0 Å². The van der Waals surface area contributed by atoms with Gasteiger partial charge in [-0.15, -0.1) is 11.3 Å². The highest BCUT2D eigenvalue weighted by Crippen LogP contribution is 2.52. The fraction of sp³-hybridized carbons (Fsp3) is 0.143. The lowest BCUT2D eigenvalue weighted by molar-refractivity contribution is 0.569. The van der Waals surface area contributed by atoms with Gasteiger partial charge < -0.3 is 11.5 Å². The molecule has 0 bridgehead atoms. The van der Waals surface area contributed by atoms with Crippen molar-refractivity contribution in [3.63, 3.8) is 0 Å². The lowest BCUT2D eigenvalue weighted by Crippen LogP contribution is -2.28. The van der Waals surface area contributed by atoms with Crippen LogP contribution in [0, 0.1) is 0 Å². The maximum Gasteiger partial charge on any atom is 0.223 e. The molecule has 4 aromatic rings. The van der Waals surface area contributed by atoms with E-state index in [0.717, 1.165) is 27.0 Å². The Hall–Kier alpha value is -2.97. The fourth-order valence-electron chi connectivity index (χ4n) is 4.09. The zero-order chi connectivity index (χ0) is 20.2. The minimum Gasteiger partial charge on any atom is -0.383 e. The number of fused-ring (bicyclic) bond motifs is 3. The molecule has 0 saturated heterocycles. The van der Waals surface area contributed by atoms with E-state index in [-0.39, 0.29) is 5.95 Å². The van der Waals surface area contributed by atoms with Crippen LogP contribution in [-0.4, -0.2) is 18.4 Å². The van der Waals surface area contributed by atoms with E-state index in [4.69, 9.17) is 11.5 Å². The van der Waals surface area contributed by atoms with E-state index in [1.165, 1.54) is 11.3 Å². The Balaban J connectivity index is 1.84. The van der Waals surface area contributed by atoms with Crippen LogP contribution in [0.15, 0.2) is 60.7 Å². The van der Waals surface area contributed by atoms with Gasteiger partial charge in [-0.1, -0.05) is 60.7 Å². The first-order valence-electron chi connectivity index (χ1n) is 9.13. The molecule has 2 unspecified atom stereocenters. The van der Waals surface area contributed by atoms with Crippen LogP contribution in [-0.2, 0) is 16.3 Å². The molecule has 1 aliphatic heterocycles. The summed E-state index contributed by atoms with van der Waals surface area (Å²) in [5.74, 6) is 0.384. The highest BCUT2D eigenvalue weighted by atomic mass is 32.2. The van der Waals surface area contributed by atoms with Crippen molar-refractivity contribution in [2.24, 2.45) is 0 Å². The Morgan fingerprint density at radius 2 is 1.52 bits per heavy atom. The molecule has 0 saturated carbocycles. The van der Waals surface area contributed by atoms with Gasteiger partial charge in [0.25, 0.3) is 0 Å². The molecule has 0 spiro atoms. The van der Waals surface area contributed by atoms with Crippen molar-refractivity contribution in [2.75, 3.05) is 11.5 Å². The average molecular weight is 423 g/mol. The average Bonchev–Trinajstić information content (AvgIpc) is 3.05. The summed E-state index contributed by atoms with van der Waals surface area (Å²) in [6.45, 7) is 0. The van der Waals surface area contributed by atoms with E-state index in [1.807, 2.05) is 60.7 Å². The molecule has 0 amide bonds. The first-order valence-corrected chi connectivity index (χ1v) is 11.6. The SMILES string of the molecule is Nc1nc(N)c2c3c(sc2n1)C(c1ccccc1)S(=O)(=O)C(c1ccccc1)C3. The van der Waals surface area contributed by atoms with Crippen molar-refractivity contribution in [1.29, 1.82) is 0 Å². The lowest BCUT2D eigenvalue weighted by Gasteiger charge is -2.30. The molecule has 29 heavy (non-hydrogen) atoms. The third-order valence-corrected chi connectivity index (χ3v) is 9.09. The van der Waals surface area contributed by atoms with Crippen LogP contribution in [0.5, 0.6) is 0 Å². The number of nitrogens with zero attached hydrogens (tertiary/aromatic N) is 2. The van der Waals surface area contributed by atoms with E-state index in [1.54, 1.807) is 0 Å². The van der Waals surface area contributed by atoms with Gasteiger partial charge in [-0.05, 0) is 23.1 Å². The second-order valence-electron chi connectivity index (χ2n) is 7.08. The van der Waals surface area contributed by atoms with Gasteiger partial charge in [0.05, 0.1) is 10.6 Å². The zero-order valence-corrected chi connectivity index (χ0v) is 17.0. The normalized spacial score (nSPS) is 20.4. The largest absolute Gasteiger partial charge is 0.383 e. The number of benzene rings is 2. The van der Waals surface area contributed by atoms with Crippen LogP contribution in [0.3, 0.4) is 0 Å². The summed E-state index contributed by atoms with van der Waals surface area (Å²) < 4.78 is 27.6. The topological polar surface area (TPSA) is 112 Å². The third-order valence-electron chi connectivity index (χ3n) is 5.35. The standard InChI is InChI=1S/C21H18N4O2S2/c22-19-16-14-11-15(12-7-3-1-4-8-12)29(26,27)18(13-9-5-2-6-10-13)17(14)28-20(16)25-21(23)24-19/h1-10,15,18H,11H2,(H4,22,23,24,25). The number of hydrogen-bond acceptors (Lipinski definition) is 7. The van der Waals surface area contributed by atoms with Gasteiger partial charge in [0, 0.05) is 4.88 Å². The number of anilines is 2. The van der Waals surface area contributed by atoms with E-state index in [0.29, 0.717) is 17.1 Å². The van der Waals surface area contributed by atoms with Crippen LogP contribution >= 0.6 is 11.3 Å². The van der Waals surface area contributed by atoms with Gasteiger partial charge >= 0.3 is 0 Å². The Morgan fingerprint density at radius 1 is 0.897 bits per heavy atom. The fourth-order valence-corrected chi connectivity index (χ4v) is 8.11. The highest BCUT2D eigenvalue weighted by molar-refractivity contribution is 7.92. The van der Waals surface area contributed by atoms with Crippen LogP contribution in [0.25, 0.3) is 10.2 Å². The molecule has 4 N–H and O–H groups in total. The summed E-state index contributed by atoms with van der Waals surface area (Å²) in [4.78, 5) is 9.83. The Morgan fingerprint density at radius 3 is 2.17 bits per heavy atom. The van der Waals surface area contributed by atoms with Crippen molar-refractivity contribution in [1.82, 2.24) is 9.97 Å². The number of rotatable bonds is 2. The Bertz CT molecular complexity index is 1320. The van der Waals surface area contributed by atoms with Gasteiger partial charge in [0.2, 0.25) is 5.95 Å². The minimum atomic E-state index is -3.56. The summed E-state index contributed by atoms with van der Waals surface area (Å²) in [6.07, 6.45) is 0.336. The van der Waals surface area contributed by atoms with Crippen LogP contribution in [0.4, 0.5) is 11.8 Å². The molecular formula is C21H18N4O2S2. The van der Waals surface area contributed by atoms with Crippen molar-refractivity contribution in [2.45, 2.75) is 16.9 Å². The number of nitrogen functional groups attached to an aromatic ring is 2. The van der Waals surface area contributed by atoms with Gasteiger partial charge in [-0.25, -0.2) is 13.4 Å². The molecule has 5 rings (SSSR count). The smallest absolute Gasteiger partial charge is 0.223 e. The maximum atomic E-state index is 13.8. The predicted octanol–water partition coefficient (Wildman–Crippen LogP) is 3.66. The molecule has 146 valence electrons. The first-order chi connectivity index (χ1) is 14.0. The van der Waals surface area contributed by atoms with E-state index < -0.39 is 20.3 Å². The monoisotopic (exact) mass is 422 g/mol. The molecule has 0 aliphatic carbocycles. The quantitative estimate of drug-likeness (QED) is 0.510. The summed E-state index contributed by atoms with van der Waals surface area (Å²) >= 11 is 1.34.